The smallest absolute Gasteiger partial charge is 0.410 e. The molecule has 1 aliphatic heterocycles. The monoisotopic (exact) mass is 347 g/mol. The zero-order chi connectivity index (χ0) is 18.4. The van der Waals surface area contributed by atoms with Gasteiger partial charge in [0.25, 0.3) is 0 Å². The molecule has 0 radical (unpaired) electrons. The van der Waals surface area contributed by atoms with E-state index in [2.05, 4.69) is 4.98 Å². The first-order valence-electron chi connectivity index (χ1n) is 8.40. The van der Waals surface area contributed by atoms with Gasteiger partial charge >= 0.3 is 6.09 Å². The summed E-state index contributed by atoms with van der Waals surface area (Å²) in [4.78, 5) is 18.6. The molecule has 0 bridgehead atoms. The summed E-state index contributed by atoms with van der Waals surface area (Å²) in [6, 6.07) is 3.65. The van der Waals surface area contributed by atoms with Crippen molar-refractivity contribution in [3.63, 3.8) is 0 Å². The van der Waals surface area contributed by atoms with Crippen LogP contribution in [0, 0.1) is 0 Å². The van der Waals surface area contributed by atoms with Crippen LogP contribution >= 0.6 is 0 Å². The standard InChI is InChI=1S/C18H25N3O4/c1-17(2,3)25-16(22)20-8-9-21-13(11-20)19-15(18(4,5)23)14(21)12-7-6-10-24-12/h6-7,10,23H,8-9,11H2,1-5H3. The van der Waals surface area contributed by atoms with Gasteiger partial charge in [0.05, 0.1) is 12.8 Å². The molecule has 0 aromatic carbocycles. The van der Waals surface area contributed by atoms with E-state index in [0.717, 1.165) is 5.69 Å². The molecule has 7 heteroatoms. The van der Waals surface area contributed by atoms with Crippen molar-refractivity contribution in [2.75, 3.05) is 6.54 Å². The molecule has 25 heavy (non-hydrogen) atoms. The molecule has 3 rings (SSSR count). The van der Waals surface area contributed by atoms with Gasteiger partial charge in [0.1, 0.15) is 28.4 Å². The first-order valence-corrected chi connectivity index (χ1v) is 8.40. The van der Waals surface area contributed by atoms with E-state index in [1.165, 1.54) is 0 Å². The molecule has 2 aromatic heterocycles. The summed E-state index contributed by atoms with van der Waals surface area (Å²) in [5.41, 5.74) is -0.357. The minimum Gasteiger partial charge on any atom is -0.463 e. The average molecular weight is 347 g/mol. The maximum atomic E-state index is 12.3. The normalized spacial score (nSPS) is 15.2. The highest BCUT2D eigenvalue weighted by Crippen LogP contribution is 2.34. The molecule has 0 aliphatic carbocycles. The van der Waals surface area contributed by atoms with Gasteiger partial charge in [-0.25, -0.2) is 9.78 Å². The molecular weight excluding hydrogens is 322 g/mol. The van der Waals surface area contributed by atoms with Crippen molar-refractivity contribution in [2.45, 2.75) is 58.9 Å². The summed E-state index contributed by atoms with van der Waals surface area (Å²) >= 11 is 0. The summed E-state index contributed by atoms with van der Waals surface area (Å²) in [5, 5.41) is 10.5. The van der Waals surface area contributed by atoms with Gasteiger partial charge in [0.2, 0.25) is 0 Å². The zero-order valence-electron chi connectivity index (χ0n) is 15.4. The van der Waals surface area contributed by atoms with E-state index in [1.807, 2.05) is 31.4 Å². The van der Waals surface area contributed by atoms with Crippen LogP contribution in [0.3, 0.4) is 0 Å². The second kappa shape index (κ2) is 5.91. The Kier molecular flexibility index (Phi) is 4.15. The third kappa shape index (κ3) is 3.56. The summed E-state index contributed by atoms with van der Waals surface area (Å²) in [7, 11) is 0. The number of imidazole rings is 1. The molecular formula is C18H25N3O4. The first kappa shape index (κ1) is 17.5. The predicted molar refractivity (Wildman–Crippen MR) is 91.8 cm³/mol. The van der Waals surface area contributed by atoms with Gasteiger partial charge in [0.15, 0.2) is 5.76 Å². The van der Waals surface area contributed by atoms with Crippen molar-refractivity contribution in [1.29, 1.82) is 0 Å². The SMILES string of the molecule is CC(C)(C)OC(=O)N1CCn2c(nc(C(C)(C)O)c2-c2ccco2)C1. The lowest BCUT2D eigenvalue weighted by molar-refractivity contribution is 0.0196. The lowest BCUT2D eigenvalue weighted by atomic mass is 10.0. The van der Waals surface area contributed by atoms with Crippen LogP contribution in [0.5, 0.6) is 0 Å². The Hall–Kier alpha value is -2.28. The molecule has 1 aliphatic rings. The molecule has 1 amide bonds. The molecule has 7 nitrogen and oxygen atoms in total. The maximum absolute atomic E-state index is 12.3. The van der Waals surface area contributed by atoms with Crippen molar-refractivity contribution in [2.24, 2.45) is 0 Å². The minimum absolute atomic E-state index is 0.332. The number of hydrogen-bond acceptors (Lipinski definition) is 5. The molecule has 0 spiro atoms. The highest BCUT2D eigenvalue weighted by molar-refractivity contribution is 5.68. The van der Waals surface area contributed by atoms with Gasteiger partial charge in [-0.1, -0.05) is 0 Å². The second-order valence-corrected chi connectivity index (χ2v) is 7.82. The third-order valence-electron chi connectivity index (χ3n) is 3.96. The summed E-state index contributed by atoms with van der Waals surface area (Å²) in [6.07, 6.45) is 1.24. The molecule has 1 N–H and O–H groups in total. The third-order valence-corrected chi connectivity index (χ3v) is 3.96. The number of amides is 1. The Morgan fingerprint density at radius 1 is 1.28 bits per heavy atom. The zero-order valence-corrected chi connectivity index (χ0v) is 15.4. The molecule has 0 unspecified atom stereocenters. The largest absolute Gasteiger partial charge is 0.463 e. The Morgan fingerprint density at radius 3 is 2.56 bits per heavy atom. The van der Waals surface area contributed by atoms with Crippen LogP contribution in [0.2, 0.25) is 0 Å². The lowest BCUT2D eigenvalue weighted by Crippen LogP contribution is -2.41. The van der Waals surface area contributed by atoms with E-state index in [9.17, 15) is 9.90 Å². The van der Waals surface area contributed by atoms with Crippen molar-refractivity contribution in [3.05, 3.63) is 29.9 Å². The van der Waals surface area contributed by atoms with Gasteiger partial charge < -0.3 is 18.8 Å². The fourth-order valence-electron chi connectivity index (χ4n) is 2.90. The summed E-state index contributed by atoms with van der Waals surface area (Å²) < 4.78 is 13.0. The molecule has 2 aromatic rings. The fraction of sp³-hybridized carbons (Fsp3) is 0.556. The van der Waals surface area contributed by atoms with Crippen LogP contribution < -0.4 is 0 Å². The van der Waals surface area contributed by atoms with E-state index in [0.29, 0.717) is 36.9 Å². The number of hydrogen-bond donors (Lipinski definition) is 1. The number of aliphatic hydroxyl groups is 1. The lowest BCUT2D eigenvalue weighted by Gasteiger charge is -2.30. The number of furan rings is 1. The Balaban J connectivity index is 1.95. The van der Waals surface area contributed by atoms with Gasteiger partial charge in [-0.3, -0.25) is 4.90 Å². The number of ether oxygens (including phenoxy) is 1. The predicted octanol–water partition coefficient (Wildman–Crippen LogP) is 3.12. The number of carbonyl (C=O) groups is 1. The molecule has 0 atom stereocenters. The van der Waals surface area contributed by atoms with Gasteiger partial charge in [-0.2, -0.15) is 0 Å². The summed E-state index contributed by atoms with van der Waals surface area (Å²) in [6.45, 7) is 10.3. The fourth-order valence-corrected chi connectivity index (χ4v) is 2.90. The van der Waals surface area contributed by atoms with Crippen molar-refractivity contribution < 1.29 is 19.1 Å². The second-order valence-electron chi connectivity index (χ2n) is 7.82. The highest BCUT2D eigenvalue weighted by atomic mass is 16.6. The van der Waals surface area contributed by atoms with E-state index in [-0.39, 0.29) is 6.09 Å². The summed E-state index contributed by atoms with van der Waals surface area (Å²) in [5.74, 6) is 1.36. The van der Waals surface area contributed by atoms with Crippen LogP contribution in [0.4, 0.5) is 4.79 Å². The van der Waals surface area contributed by atoms with E-state index in [4.69, 9.17) is 9.15 Å². The molecule has 0 fully saturated rings. The maximum Gasteiger partial charge on any atom is 0.410 e. The quantitative estimate of drug-likeness (QED) is 0.903. The average Bonchev–Trinajstić information content (AvgIpc) is 3.10. The molecule has 3 heterocycles. The van der Waals surface area contributed by atoms with Crippen LogP contribution in [-0.4, -0.2) is 37.8 Å². The van der Waals surface area contributed by atoms with E-state index in [1.54, 1.807) is 31.1 Å². The van der Waals surface area contributed by atoms with Crippen LogP contribution in [0.25, 0.3) is 11.5 Å². The Labute approximate surface area is 147 Å². The number of carbonyl (C=O) groups excluding carboxylic acids is 1. The van der Waals surface area contributed by atoms with E-state index >= 15 is 0 Å². The van der Waals surface area contributed by atoms with Crippen LogP contribution in [-0.2, 0) is 23.4 Å². The van der Waals surface area contributed by atoms with Gasteiger partial charge in [0, 0.05) is 13.1 Å². The molecule has 0 saturated heterocycles. The van der Waals surface area contributed by atoms with Crippen LogP contribution in [0.15, 0.2) is 22.8 Å². The van der Waals surface area contributed by atoms with Crippen molar-refractivity contribution in [3.8, 4) is 11.5 Å². The Bertz CT molecular complexity index is 764. The van der Waals surface area contributed by atoms with Crippen LogP contribution in [0.1, 0.15) is 46.1 Å². The number of fused-ring (bicyclic) bond motifs is 1. The number of aromatic nitrogens is 2. The minimum atomic E-state index is -1.12. The molecule has 136 valence electrons. The van der Waals surface area contributed by atoms with Gasteiger partial charge in [-0.15, -0.1) is 0 Å². The number of rotatable bonds is 2. The van der Waals surface area contributed by atoms with Crippen molar-refractivity contribution in [1.82, 2.24) is 14.5 Å². The topological polar surface area (TPSA) is 80.7 Å². The Morgan fingerprint density at radius 2 is 2.00 bits per heavy atom. The van der Waals surface area contributed by atoms with Gasteiger partial charge in [-0.05, 0) is 46.8 Å². The van der Waals surface area contributed by atoms with E-state index < -0.39 is 11.2 Å². The highest BCUT2D eigenvalue weighted by Gasteiger charge is 2.34. The molecule has 0 saturated carbocycles. The first-order chi connectivity index (χ1) is 11.6. The number of nitrogens with zero attached hydrogens (tertiary/aromatic N) is 3. The van der Waals surface area contributed by atoms with Crippen molar-refractivity contribution >= 4 is 6.09 Å².